The molecule has 4 fully saturated rings. The molecule has 5 atom stereocenters. The number of sulfonamides is 1. The zero-order valence-corrected chi connectivity index (χ0v) is 33.0. The molecule has 16 heteroatoms. The smallest absolute Gasteiger partial charge is 0.408 e. The van der Waals surface area contributed by atoms with Crippen molar-refractivity contribution >= 4 is 50.4 Å². The fourth-order valence-electron chi connectivity index (χ4n) is 7.58. The van der Waals surface area contributed by atoms with E-state index in [9.17, 15) is 37.5 Å². The maximum atomic E-state index is 14.8. The van der Waals surface area contributed by atoms with E-state index in [4.69, 9.17) is 9.47 Å². The van der Waals surface area contributed by atoms with Crippen LogP contribution in [0.3, 0.4) is 0 Å². The lowest BCUT2D eigenvalue weighted by Gasteiger charge is -2.41. The monoisotopic (exact) mass is 793 g/mol. The molecular formula is C40H51N5O10S. The number of carbonyl (C=O) groups excluding carboxylic acids is 4. The van der Waals surface area contributed by atoms with E-state index >= 15 is 0 Å². The zero-order valence-electron chi connectivity index (χ0n) is 32.2. The Hall–Kier alpha value is -4.99. The van der Waals surface area contributed by atoms with Crippen molar-refractivity contribution in [1.29, 1.82) is 0 Å². The number of ketones is 1. The molecule has 0 bridgehead atoms. The first-order valence-electron chi connectivity index (χ1n) is 19.1. The number of hydrogen-bond donors (Lipinski definition) is 3. The number of nitrogens with zero attached hydrogens (tertiary/aromatic N) is 3. The van der Waals surface area contributed by atoms with E-state index in [2.05, 4.69) is 21.6 Å². The van der Waals surface area contributed by atoms with Crippen LogP contribution in [0.5, 0.6) is 11.6 Å². The molecule has 302 valence electrons. The number of amides is 4. The van der Waals surface area contributed by atoms with Crippen molar-refractivity contribution in [3.63, 3.8) is 0 Å². The molecule has 2 aromatic rings. The Labute approximate surface area is 326 Å². The summed E-state index contributed by atoms with van der Waals surface area (Å²) in [5.41, 5.74) is -2.71. The number of fused-ring (bicyclic) bond motifs is 1. The van der Waals surface area contributed by atoms with Gasteiger partial charge in [-0.2, -0.15) is 0 Å². The highest BCUT2D eigenvalue weighted by molar-refractivity contribution is 7.91. The van der Waals surface area contributed by atoms with Gasteiger partial charge in [0.2, 0.25) is 27.7 Å². The summed E-state index contributed by atoms with van der Waals surface area (Å²) in [5.74, 6) is -2.00. The largest absolute Gasteiger partial charge is 0.497 e. The van der Waals surface area contributed by atoms with Crippen molar-refractivity contribution in [1.82, 2.24) is 24.8 Å². The van der Waals surface area contributed by atoms with Gasteiger partial charge >= 0.3 is 6.09 Å². The van der Waals surface area contributed by atoms with E-state index in [0.29, 0.717) is 29.9 Å². The Morgan fingerprint density at radius 1 is 1.14 bits per heavy atom. The van der Waals surface area contributed by atoms with Gasteiger partial charge in [0, 0.05) is 35.9 Å². The number of nitrogens with one attached hydrogen (secondary N) is 2. The van der Waals surface area contributed by atoms with Crippen molar-refractivity contribution in [3.05, 3.63) is 55.3 Å². The van der Waals surface area contributed by atoms with Crippen LogP contribution < -0.4 is 19.5 Å². The number of likely N-dealkylation sites (tertiary alicyclic amines) is 1. The maximum Gasteiger partial charge on any atom is 0.408 e. The van der Waals surface area contributed by atoms with Gasteiger partial charge in [0.05, 0.1) is 18.9 Å². The molecule has 1 aromatic heterocycles. The molecule has 3 aliphatic carbocycles. The second-order valence-electron chi connectivity index (χ2n) is 16.3. The van der Waals surface area contributed by atoms with E-state index in [1.165, 1.54) is 17.1 Å². The summed E-state index contributed by atoms with van der Waals surface area (Å²) >= 11 is 0. The van der Waals surface area contributed by atoms with Crippen LogP contribution in [0.1, 0.15) is 78.6 Å². The summed E-state index contributed by atoms with van der Waals surface area (Å²) in [6, 6.07) is 4.48. The standard InChI is InChI=1S/C40H51N5O10S/c1-6-26-22-40(26,37(49)43-56(52,53)30-14-15-30)42-34(47)33-21-29(55-35-31-16-13-28(54-5)20-25(31)18-19-41-35)23-44(33)36(48)32(45(38(50)51)39(2,3)4)17-12-27(46)11-10-24-8-7-9-24/h6,10-11,13,16,18-20,24,26,29-30,32-33H,1,7-9,12,14-15,17,21-23H2,2-5H3,(H,42,47)(H,43,49)(H,50,51)/b11-10+/t26-,29-,32+,33+,40-/m1/s1. The maximum absolute atomic E-state index is 14.8. The third kappa shape index (κ3) is 8.69. The summed E-state index contributed by atoms with van der Waals surface area (Å²) in [5, 5.41) is 14.0. The SMILES string of the molecule is C=C[C@@H]1C[C@]1(NC(=O)[C@@H]1C[C@@H](Oc2nccc3cc(OC)ccc23)CN1C(=O)[C@H](CCC(=O)/C=C/C1CCC1)N(C(=O)O)C(C)(C)C)C(=O)NS(=O)(=O)C1CC1. The highest BCUT2D eigenvalue weighted by atomic mass is 32.2. The Kier molecular flexibility index (Phi) is 11.5. The van der Waals surface area contributed by atoms with Crippen molar-refractivity contribution in [3.8, 4) is 11.6 Å². The van der Waals surface area contributed by atoms with Crippen LogP contribution in [0.2, 0.25) is 0 Å². The molecule has 4 amide bonds. The molecule has 6 rings (SSSR count). The molecule has 15 nitrogen and oxygen atoms in total. The lowest BCUT2D eigenvalue weighted by atomic mass is 9.85. The van der Waals surface area contributed by atoms with Gasteiger partial charge in [-0.25, -0.2) is 18.2 Å². The number of benzene rings is 1. The average Bonchev–Trinajstić information content (AvgIpc) is 4.05. The number of pyridine rings is 1. The first-order valence-corrected chi connectivity index (χ1v) is 20.7. The topological polar surface area (TPSA) is 202 Å². The van der Waals surface area contributed by atoms with Crippen LogP contribution in [0.25, 0.3) is 10.8 Å². The van der Waals surface area contributed by atoms with Crippen LogP contribution in [-0.4, -0.2) is 106 Å². The number of hydrogen-bond acceptors (Lipinski definition) is 10. The minimum absolute atomic E-state index is 0.0685. The van der Waals surface area contributed by atoms with Gasteiger partial charge in [-0.1, -0.05) is 18.6 Å². The number of rotatable bonds is 16. The number of allylic oxidation sites excluding steroid dienone is 2. The van der Waals surface area contributed by atoms with Crippen molar-refractivity contribution in [2.45, 2.75) is 113 Å². The van der Waals surface area contributed by atoms with Gasteiger partial charge in [-0.3, -0.25) is 28.8 Å². The van der Waals surface area contributed by atoms with Crippen LogP contribution in [0.15, 0.2) is 55.3 Å². The average molecular weight is 794 g/mol. The first-order chi connectivity index (χ1) is 26.5. The fourth-order valence-corrected chi connectivity index (χ4v) is 8.95. The highest BCUT2D eigenvalue weighted by Crippen LogP contribution is 2.45. The first kappa shape index (κ1) is 40.7. The molecule has 1 aliphatic heterocycles. The summed E-state index contributed by atoms with van der Waals surface area (Å²) in [4.78, 5) is 75.3. The lowest BCUT2D eigenvalue weighted by molar-refractivity contribution is -0.144. The van der Waals surface area contributed by atoms with Crippen molar-refractivity contribution < 1.29 is 47.0 Å². The van der Waals surface area contributed by atoms with E-state index in [1.807, 2.05) is 12.1 Å². The Morgan fingerprint density at radius 2 is 1.88 bits per heavy atom. The summed E-state index contributed by atoms with van der Waals surface area (Å²) in [6.07, 6.45) is 7.89. The van der Waals surface area contributed by atoms with Gasteiger partial charge in [0.15, 0.2) is 5.78 Å². The Balaban J connectivity index is 1.31. The quantitative estimate of drug-likeness (QED) is 0.163. The zero-order chi connectivity index (χ0) is 40.6. The Bertz CT molecular complexity index is 2040. The fraction of sp³-hybridized carbons (Fsp3) is 0.550. The van der Waals surface area contributed by atoms with Crippen LogP contribution in [0, 0.1) is 11.8 Å². The number of aromatic nitrogens is 1. The molecule has 0 radical (unpaired) electrons. The molecule has 3 saturated carbocycles. The molecule has 0 unspecified atom stereocenters. The van der Waals surface area contributed by atoms with E-state index < -0.39 is 74.3 Å². The van der Waals surface area contributed by atoms with Crippen LogP contribution in [0.4, 0.5) is 4.79 Å². The molecule has 3 N–H and O–H groups in total. The predicted octanol–water partition coefficient (Wildman–Crippen LogP) is 4.11. The third-order valence-electron chi connectivity index (χ3n) is 11.2. The van der Waals surface area contributed by atoms with E-state index in [-0.39, 0.29) is 43.9 Å². The Morgan fingerprint density at radius 3 is 2.46 bits per heavy atom. The van der Waals surface area contributed by atoms with Gasteiger partial charge in [-0.15, -0.1) is 6.58 Å². The number of carbonyl (C=O) groups is 5. The second-order valence-corrected chi connectivity index (χ2v) is 18.2. The molecule has 1 aromatic carbocycles. The normalized spacial score (nSPS) is 24.2. The lowest BCUT2D eigenvalue weighted by Crippen LogP contribution is -2.61. The third-order valence-corrected chi connectivity index (χ3v) is 13.0. The summed E-state index contributed by atoms with van der Waals surface area (Å²) in [6.45, 7) is 8.52. The molecule has 2 heterocycles. The molecular weight excluding hydrogens is 743 g/mol. The molecule has 1 saturated heterocycles. The second kappa shape index (κ2) is 15.9. The summed E-state index contributed by atoms with van der Waals surface area (Å²) in [7, 11) is -2.40. The van der Waals surface area contributed by atoms with Crippen LogP contribution in [-0.2, 0) is 29.2 Å². The van der Waals surface area contributed by atoms with Crippen molar-refractivity contribution in [2.75, 3.05) is 13.7 Å². The van der Waals surface area contributed by atoms with Crippen molar-refractivity contribution in [2.24, 2.45) is 11.8 Å². The summed E-state index contributed by atoms with van der Waals surface area (Å²) < 4.78 is 39.4. The van der Waals surface area contributed by atoms with Crippen LogP contribution >= 0.6 is 0 Å². The van der Waals surface area contributed by atoms with E-state index in [1.54, 1.807) is 52.3 Å². The van der Waals surface area contributed by atoms with Gasteiger partial charge < -0.3 is 24.8 Å². The minimum Gasteiger partial charge on any atom is -0.497 e. The predicted molar refractivity (Wildman–Crippen MR) is 206 cm³/mol. The van der Waals surface area contributed by atoms with Gasteiger partial charge in [0.25, 0.3) is 5.91 Å². The number of ether oxygens (including phenoxy) is 2. The molecule has 0 spiro atoms. The minimum atomic E-state index is -3.95. The number of carboxylic acid groups (broad SMARTS) is 1. The van der Waals surface area contributed by atoms with Gasteiger partial charge in [-0.05, 0) is 101 Å². The highest BCUT2D eigenvalue weighted by Gasteiger charge is 2.62. The molecule has 4 aliphatic rings. The number of methoxy groups -OCH3 is 1. The van der Waals surface area contributed by atoms with Gasteiger partial charge in [0.1, 0.15) is 29.5 Å². The van der Waals surface area contributed by atoms with E-state index in [0.717, 1.165) is 29.5 Å². The molecule has 56 heavy (non-hydrogen) atoms.